The zero-order valence-corrected chi connectivity index (χ0v) is 17.8. The molecule has 164 valence electrons. The van der Waals surface area contributed by atoms with Gasteiger partial charge >= 0.3 is 5.97 Å². The molecule has 0 saturated carbocycles. The normalized spacial score (nSPS) is 15.5. The Morgan fingerprint density at radius 2 is 1.55 bits per heavy atom. The second kappa shape index (κ2) is 10.5. The average molecular weight is 446 g/mol. The van der Waals surface area contributed by atoms with Crippen LogP contribution >= 0.6 is 0 Å². The highest BCUT2D eigenvalue weighted by molar-refractivity contribution is 7.89. The number of carbonyl (C=O) groups excluding carboxylic acids is 2. The first-order valence-corrected chi connectivity index (χ1v) is 11.5. The second-order valence-electron chi connectivity index (χ2n) is 7.26. The zero-order chi connectivity index (χ0) is 22.3. The van der Waals surface area contributed by atoms with E-state index in [1.54, 1.807) is 12.1 Å². The van der Waals surface area contributed by atoms with Gasteiger partial charge in [0.25, 0.3) is 0 Å². The van der Waals surface area contributed by atoms with E-state index in [1.165, 1.54) is 34.6 Å². The van der Waals surface area contributed by atoms with Crippen molar-refractivity contribution in [3.05, 3.63) is 71.6 Å². The minimum atomic E-state index is -3.52. The molecule has 1 saturated heterocycles. The van der Waals surface area contributed by atoms with Gasteiger partial charge in [0, 0.05) is 24.7 Å². The van der Waals surface area contributed by atoms with E-state index < -0.39 is 34.2 Å². The molecular weight excluding hydrogens is 421 g/mol. The molecule has 6 nitrogen and oxygen atoms in total. The van der Waals surface area contributed by atoms with Crippen molar-refractivity contribution in [2.75, 3.05) is 19.7 Å². The maximum Gasteiger partial charge on any atom is 0.331 e. The molecule has 0 unspecified atom stereocenters. The van der Waals surface area contributed by atoms with Crippen LogP contribution in [-0.4, -0.2) is 44.2 Å². The minimum absolute atomic E-state index is 0.221. The third kappa shape index (κ3) is 6.32. The number of sulfonamides is 1. The van der Waals surface area contributed by atoms with Gasteiger partial charge in [0.2, 0.25) is 10.0 Å². The van der Waals surface area contributed by atoms with Crippen molar-refractivity contribution in [2.24, 2.45) is 0 Å². The number of ether oxygens (including phenoxy) is 1. The lowest BCUT2D eigenvalue weighted by atomic mass is 10.1. The van der Waals surface area contributed by atoms with Gasteiger partial charge in [-0.05, 0) is 60.9 Å². The van der Waals surface area contributed by atoms with Crippen LogP contribution in [0.3, 0.4) is 0 Å². The standard InChI is InChI=1S/C23H24FNO5S/c24-20-10-8-19(9-11-20)22(26)17-30-23(27)14-7-18-5-12-21(13-6-18)31(28,29)25-15-3-1-2-4-16-25/h5-14H,1-4,15-17H2. The molecule has 3 rings (SSSR count). The van der Waals surface area contributed by atoms with Crippen LogP contribution < -0.4 is 0 Å². The third-order valence-corrected chi connectivity index (χ3v) is 6.92. The Morgan fingerprint density at radius 3 is 2.16 bits per heavy atom. The highest BCUT2D eigenvalue weighted by Crippen LogP contribution is 2.21. The van der Waals surface area contributed by atoms with Gasteiger partial charge in [-0.2, -0.15) is 4.31 Å². The maximum absolute atomic E-state index is 12.9. The topological polar surface area (TPSA) is 80.8 Å². The summed E-state index contributed by atoms with van der Waals surface area (Å²) >= 11 is 0. The number of halogens is 1. The van der Waals surface area contributed by atoms with E-state index in [0.717, 1.165) is 43.9 Å². The van der Waals surface area contributed by atoms with E-state index in [0.29, 0.717) is 18.7 Å². The highest BCUT2D eigenvalue weighted by atomic mass is 32.2. The van der Waals surface area contributed by atoms with Gasteiger partial charge in [0.15, 0.2) is 12.4 Å². The fourth-order valence-corrected chi connectivity index (χ4v) is 4.77. The Labute approximate surface area is 181 Å². The molecule has 0 N–H and O–H groups in total. The lowest BCUT2D eigenvalue weighted by Gasteiger charge is -2.19. The average Bonchev–Trinajstić information content (AvgIpc) is 3.07. The molecule has 0 amide bonds. The first kappa shape index (κ1) is 22.8. The molecule has 0 spiro atoms. The smallest absolute Gasteiger partial charge is 0.331 e. The van der Waals surface area contributed by atoms with Gasteiger partial charge in [-0.1, -0.05) is 25.0 Å². The van der Waals surface area contributed by atoms with E-state index >= 15 is 0 Å². The van der Waals surface area contributed by atoms with Gasteiger partial charge in [-0.15, -0.1) is 0 Å². The summed E-state index contributed by atoms with van der Waals surface area (Å²) in [5, 5.41) is 0. The Morgan fingerprint density at radius 1 is 0.935 bits per heavy atom. The largest absolute Gasteiger partial charge is 0.454 e. The van der Waals surface area contributed by atoms with E-state index in [4.69, 9.17) is 4.74 Å². The molecule has 2 aromatic carbocycles. The van der Waals surface area contributed by atoms with Gasteiger partial charge in [-0.3, -0.25) is 4.79 Å². The maximum atomic E-state index is 12.9. The lowest BCUT2D eigenvalue weighted by molar-refractivity contribution is -0.136. The van der Waals surface area contributed by atoms with Crippen molar-refractivity contribution in [3.63, 3.8) is 0 Å². The van der Waals surface area contributed by atoms with Crippen LogP contribution in [0.1, 0.15) is 41.6 Å². The van der Waals surface area contributed by atoms with Crippen LogP contribution in [0.5, 0.6) is 0 Å². The molecule has 0 atom stereocenters. The van der Waals surface area contributed by atoms with Crippen LogP contribution in [0.15, 0.2) is 59.5 Å². The van der Waals surface area contributed by atoms with Crippen molar-refractivity contribution >= 4 is 27.9 Å². The molecule has 1 aliphatic heterocycles. The monoisotopic (exact) mass is 445 g/mol. The molecule has 1 fully saturated rings. The summed E-state index contributed by atoms with van der Waals surface area (Å²) in [7, 11) is -3.52. The second-order valence-corrected chi connectivity index (χ2v) is 9.20. The number of benzene rings is 2. The molecule has 8 heteroatoms. The molecule has 1 aliphatic rings. The number of rotatable bonds is 7. The zero-order valence-electron chi connectivity index (χ0n) is 17.0. The first-order chi connectivity index (χ1) is 14.9. The van der Waals surface area contributed by atoms with Crippen molar-refractivity contribution in [1.82, 2.24) is 4.31 Å². The number of ketones is 1. The third-order valence-electron chi connectivity index (χ3n) is 5.01. The molecule has 2 aromatic rings. The highest BCUT2D eigenvalue weighted by Gasteiger charge is 2.24. The van der Waals surface area contributed by atoms with Gasteiger partial charge in [-0.25, -0.2) is 17.6 Å². The summed E-state index contributed by atoms with van der Waals surface area (Å²) in [6.07, 6.45) is 6.46. The first-order valence-electron chi connectivity index (χ1n) is 10.1. The van der Waals surface area contributed by atoms with Crippen LogP contribution in [0.25, 0.3) is 6.08 Å². The molecule has 1 heterocycles. The predicted molar refractivity (Wildman–Crippen MR) is 114 cm³/mol. The van der Waals surface area contributed by atoms with Crippen molar-refractivity contribution < 1.29 is 27.1 Å². The molecule has 0 bridgehead atoms. The lowest BCUT2D eigenvalue weighted by Crippen LogP contribution is -2.31. The van der Waals surface area contributed by atoms with Crippen molar-refractivity contribution in [3.8, 4) is 0 Å². The van der Waals surface area contributed by atoms with Gasteiger partial charge < -0.3 is 4.74 Å². The molecule has 0 aromatic heterocycles. The molecule has 0 radical (unpaired) electrons. The number of Topliss-reactive ketones (excluding diaryl/α,β-unsaturated/α-hetero) is 1. The number of nitrogens with zero attached hydrogens (tertiary/aromatic N) is 1. The summed E-state index contributed by atoms with van der Waals surface area (Å²) in [6, 6.07) is 11.2. The Hall–Kier alpha value is -2.84. The van der Waals surface area contributed by atoms with E-state index in [2.05, 4.69) is 0 Å². The van der Waals surface area contributed by atoms with Crippen LogP contribution in [0.4, 0.5) is 4.39 Å². The quantitative estimate of drug-likeness (QED) is 0.368. The Kier molecular flexibility index (Phi) is 7.70. The van der Waals surface area contributed by atoms with Gasteiger partial charge in [0.1, 0.15) is 5.82 Å². The number of hydrogen-bond donors (Lipinski definition) is 0. The minimum Gasteiger partial charge on any atom is -0.454 e. The van der Waals surface area contributed by atoms with E-state index in [1.807, 2.05) is 0 Å². The summed E-state index contributed by atoms with van der Waals surface area (Å²) in [5.41, 5.74) is 0.871. The molecular formula is C23H24FNO5S. The van der Waals surface area contributed by atoms with E-state index in [9.17, 15) is 22.4 Å². The van der Waals surface area contributed by atoms with Crippen LogP contribution in [0.2, 0.25) is 0 Å². The van der Waals surface area contributed by atoms with Crippen LogP contribution in [-0.2, 0) is 19.6 Å². The fourth-order valence-electron chi connectivity index (χ4n) is 3.25. The van der Waals surface area contributed by atoms with Gasteiger partial charge in [0.05, 0.1) is 4.90 Å². The number of carbonyl (C=O) groups is 2. The Balaban J connectivity index is 1.55. The SMILES string of the molecule is O=C(C=Cc1ccc(S(=O)(=O)N2CCCCCC2)cc1)OCC(=O)c1ccc(F)cc1. The Bertz CT molecular complexity index is 1040. The number of hydrogen-bond acceptors (Lipinski definition) is 5. The van der Waals surface area contributed by atoms with Crippen LogP contribution in [0, 0.1) is 5.82 Å². The number of esters is 1. The predicted octanol–water partition coefficient (Wildman–Crippen LogP) is 3.83. The summed E-state index contributed by atoms with van der Waals surface area (Å²) in [4.78, 5) is 24.0. The molecule has 0 aliphatic carbocycles. The van der Waals surface area contributed by atoms with E-state index in [-0.39, 0.29) is 10.5 Å². The van der Waals surface area contributed by atoms with Crippen molar-refractivity contribution in [1.29, 1.82) is 0 Å². The summed E-state index contributed by atoms with van der Waals surface area (Å²) in [5.74, 6) is -1.61. The summed E-state index contributed by atoms with van der Waals surface area (Å²) < 4.78 is 44.9. The fraction of sp³-hybridized carbons (Fsp3) is 0.304. The molecule has 31 heavy (non-hydrogen) atoms. The van der Waals surface area contributed by atoms with Crippen molar-refractivity contribution in [2.45, 2.75) is 30.6 Å². The summed E-state index contributed by atoms with van der Waals surface area (Å²) in [6.45, 7) is 0.612.